The lowest BCUT2D eigenvalue weighted by Crippen LogP contribution is -2.13. The number of carbonyl (C=O) groups is 1. The number of aliphatic carboxylic acids is 1. The van der Waals surface area contributed by atoms with Crippen LogP contribution < -0.4 is 14.2 Å². The first-order chi connectivity index (χ1) is 8.96. The molecular formula is C13H17ClO5. The highest BCUT2D eigenvalue weighted by Crippen LogP contribution is 2.43. The second-order valence-corrected chi connectivity index (χ2v) is 4.43. The van der Waals surface area contributed by atoms with Crippen LogP contribution in [0.3, 0.4) is 0 Å². The van der Waals surface area contributed by atoms with Crippen LogP contribution in [0.2, 0.25) is 5.02 Å². The minimum atomic E-state index is -0.895. The zero-order valence-electron chi connectivity index (χ0n) is 11.3. The largest absolute Gasteiger partial charge is 0.496 e. The van der Waals surface area contributed by atoms with Gasteiger partial charge in [0.25, 0.3) is 0 Å². The Bertz CT molecular complexity index is 473. The van der Waals surface area contributed by atoms with E-state index >= 15 is 0 Å². The van der Waals surface area contributed by atoms with Crippen LogP contribution in [0.25, 0.3) is 0 Å². The van der Waals surface area contributed by atoms with E-state index in [1.807, 2.05) is 0 Å². The SMILES string of the molecule is COc1cc(OC)c(OC)c(Cl)c1CC(C)C(=O)O. The summed E-state index contributed by atoms with van der Waals surface area (Å²) in [6.07, 6.45) is 0.248. The summed E-state index contributed by atoms with van der Waals surface area (Å²) in [4.78, 5) is 11.0. The number of hydrogen-bond donors (Lipinski definition) is 1. The van der Waals surface area contributed by atoms with E-state index in [-0.39, 0.29) is 6.42 Å². The summed E-state index contributed by atoms with van der Waals surface area (Å²) in [5, 5.41) is 9.30. The molecule has 0 aliphatic heterocycles. The molecule has 1 atom stereocenters. The number of halogens is 1. The summed E-state index contributed by atoms with van der Waals surface area (Å²) in [7, 11) is 4.46. The lowest BCUT2D eigenvalue weighted by Gasteiger charge is -2.17. The van der Waals surface area contributed by atoms with Gasteiger partial charge in [0.1, 0.15) is 5.75 Å². The van der Waals surface area contributed by atoms with Crippen molar-refractivity contribution in [2.24, 2.45) is 5.92 Å². The molecule has 0 amide bonds. The molecule has 1 aromatic carbocycles. The van der Waals surface area contributed by atoms with Crippen LogP contribution in [0.1, 0.15) is 12.5 Å². The summed E-state index contributed by atoms with van der Waals surface area (Å²) < 4.78 is 15.6. The van der Waals surface area contributed by atoms with Crippen LogP contribution in [-0.4, -0.2) is 32.4 Å². The molecule has 1 N–H and O–H groups in total. The van der Waals surface area contributed by atoms with Gasteiger partial charge in [-0.25, -0.2) is 0 Å². The van der Waals surface area contributed by atoms with E-state index in [1.54, 1.807) is 13.0 Å². The highest BCUT2D eigenvalue weighted by atomic mass is 35.5. The van der Waals surface area contributed by atoms with Gasteiger partial charge in [0.05, 0.1) is 32.3 Å². The molecular weight excluding hydrogens is 272 g/mol. The van der Waals surface area contributed by atoms with E-state index in [0.29, 0.717) is 27.8 Å². The summed E-state index contributed by atoms with van der Waals surface area (Å²) >= 11 is 6.25. The molecule has 1 unspecified atom stereocenters. The van der Waals surface area contributed by atoms with Gasteiger partial charge in [0, 0.05) is 11.6 Å². The van der Waals surface area contributed by atoms with Gasteiger partial charge in [0.2, 0.25) is 0 Å². The van der Waals surface area contributed by atoms with E-state index in [1.165, 1.54) is 21.3 Å². The molecule has 0 aliphatic carbocycles. The average molecular weight is 289 g/mol. The molecule has 0 spiro atoms. The van der Waals surface area contributed by atoms with Crippen molar-refractivity contribution in [3.8, 4) is 17.2 Å². The van der Waals surface area contributed by atoms with Crippen molar-refractivity contribution >= 4 is 17.6 Å². The highest BCUT2D eigenvalue weighted by molar-refractivity contribution is 6.33. The highest BCUT2D eigenvalue weighted by Gasteiger charge is 2.22. The number of methoxy groups -OCH3 is 3. The Labute approximate surface area is 117 Å². The predicted octanol–water partition coefficient (Wildman–Crippen LogP) is 2.63. The summed E-state index contributed by atoms with van der Waals surface area (Å²) in [6.45, 7) is 1.61. The Hall–Kier alpha value is -1.62. The van der Waals surface area contributed by atoms with Gasteiger partial charge in [-0.1, -0.05) is 18.5 Å². The van der Waals surface area contributed by atoms with Crippen molar-refractivity contribution in [3.63, 3.8) is 0 Å². The van der Waals surface area contributed by atoms with E-state index in [4.69, 9.17) is 30.9 Å². The van der Waals surface area contributed by atoms with E-state index in [9.17, 15) is 4.79 Å². The van der Waals surface area contributed by atoms with Crippen LogP contribution in [0, 0.1) is 5.92 Å². The van der Waals surface area contributed by atoms with E-state index in [0.717, 1.165) is 0 Å². The molecule has 19 heavy (non-hydrogen) atoms. The average Bonchev–Trinajstić information content (AvgIpc) is 2.39. The Morgan fingerprint density at radius 1 is 1.26 bits per heavy atom. The van der Waals surface area contributed by atoms with Gasteiger partial charge >= 0.3 is 5.97 Å². The van der Waals surface area contributed by atoms with Crippen LogP contribution in [0.4, 0.5) is 0 Å². The Morgan fingerprint density at radius 2 is 1.84 bits per heavy atom. The fourth-order valence-electron chi connectivity index (χ4n) is 1.73. The molecule has 0 aromatic heterocycles. The molecule has 0 heterocycles. The normalized spacial score (nSPS) is 11.8. The molecule has 1 rings (SSSR count). The number of carboxylic acids is 1. The minimum absolute atomic E-state index is 0.248. The fraction of sp³-hybridized carbons (Fsp3) is 0.462. The van der Waals surface area contributed by atoms with Crippen LogP contribution >= 0.6 is 11.6 Å². The fourth-order valence-corrected chi connectivity index (χ4v) is 2.07. The molecule has 1 aromatic rings. The Kier molecular flexibility index (Phi) is 5.30. The van der Waals surface area contributed by atoms with E-state index in [2.05, 4.69) is 0 Å². The molecule has 0 fully saturated rings. The molecule has 0 bridgehead atoms. The molecule has 0 radical (unpaired) electrons. The van der Waals surface area contributed by atoms with Crippen molar-refractivity contribution in [2.45, 2.75) is 13.3 Å². The number of hydrogen-bond acceptors (Lipinski definition) is 4. The third-order valence-electron chi connectivity index (χ3n) is 2.82. The van der Waals surface area contributed by atoms with Gasteiger partial charge in [-0.3, -0.25) is 4.79 Å². The quantitative estimate of drug-likeness (QED) is 0.872. The topological polar surface area (TPSA) is 65.0 Å². The summed E-state index contributed by atoms with van der Waals surface area (Å²) in [6, 6.07) is 1.63. The monoisotopic (exact) mass is 288 g/mol. The van der Waals surface area contributed by atoms with Gasteiger partial charge < -0.3 is 19.3 Å². The number of rotatable bonds is 6. The zero-order chi connectivity index (χ0) is 14.6. The molecule has 0 saturated carbocycles. The van der Waals surface area contributed by atoms with Crippen LogP contribution in [-0.2, 0) is 11.2 Å². The summed E-state index contributed by atoms with van der Waals surface area (Å²) in [5.41, 5.74) is 0.594. The maximum Gasteiger partial charge on any atom is 0.306 e. The summed E-state index contributed by atoms with van der Waals surface area (Å²) in [5.74, 6) is -0.179. The first-order valence-electron chi connectivity index (χ1n) is 5.66. The van der Waals surface area contributed by atoms with Gasteiger partial charge in [0.15, 0.2) is 11.5 Å². The van der Waals surface area contributed by atoms with Crippen LogP contribution in [0.5, 0.6) is 17.2 Å². The molecule has 106 valence electrons. The smallest absolute Gasteiger partial charge is 0.306 e. The second-order valence-electron chi connectivity index (χ2n) is 4.05. The molecule has 0 saturated heterocycles. The number of ether oxygens (including phenoxy) is 3. The Balaban J connectivity index is 3.32. The van der Waals surface area contributed by atoms with Gasteiger partial charge in [-0.2, -0.15) is 0 Å². The lowest BCUT2D eigenvalue weighted by molar-refractivity contribution is -0.141. The molecule has 0 aliphatic rings. The van der Waals surface area contributed by atoms with Crippen molar-refractivity contribution in [3.05, 3.63) is 16.7 Å². The maximum atomic E-state index is 11.0. The van der Waals surface area contributed by atoms with Crippen molar-refractivity contribution < 1.29 is 24.1 Å². The van der Waals surface area contributed by atoms with Gasteiger partial charge in [-0.05, 0) is 6.42 Å². The predicted molar refractivity (Wildman–Crippen MR) is 71.6 cm³/mol. The lowest BCUT2D eigenvalue weighted by atomic mass is 9.99. The second kappa shape index (κ2) is 6.52. The number of benzene rings is 1. The number of carboxylic acid groups (broad SMARTS) is 1. The van der Waals surface area contributed by atoms with Crippen molar-refractivity contribution in [1.29, 1.82) is 0 Å². The Morgan fingerprint density at radius 3 is 2.26 bits per heavy atom. The third-order valence-corrected chi connectivity index (χ3v) is 3.22. The van der Waals surface area contributed by atoms with Crippen LogP contribution in [0.15, 0.2) is 6.07 Å². The third kappa shape index (κ3) is 3.23. The standard InChI is InChI=1S/C13H17ClO5/c1-7(13(15)16)5-8-9(17-2)6-10(18-3)12(19-4)11(8)14/h6-7H,5H2,1-4H3,(H,15,16). The van der Waals surface area contributed by atoms with E-state index < -0.39 is 11.9 Å². The maximum absolute atomic E-state index is 11.0. The zero-order valence-corrected chi connectivity index (χ0v) is 12.1. The van der Waals surface area contributed by atoms with Crippen molar-refractivity contribution in [2.75, 3.05) is 21.3 Å². The van der Waals surface area contributed by atoms with Crippen molar-refractivity contribution in [1.82, 2.24) is 0 Å². The molecule has 6 heteroatoms. The van der Waals surface area contributed by atoms with Gasteiger partial charge in [-0.15, -0.1) is 0 Å². The first kappa shape index (κ1) is 15.4. The minimum Gasteiger partial charge on any atom is -0.496 e. The molecule has 5 nitrogen and oxygen atoms in total. The first-order valence-corrected chi connectivity index (χ1v) is 6.04.